The summed E-state index contributed by atoms with van der Waals surface area (Å²) >= 11 is 6.22. The largest absolute Gasteiger partial charge is 0.324 e. The van der Waals surface area contributed by atoms with Gasteiger partial charge in [-0.2, -0.15) is 0 Å². The van der Waals surface area contributed by atoms with Crippen LogP contribution < -0.4 is 5.73 Å². The highest BCUT2D eigenvalue weighted by atomic mass is 35.5. The van der Waals surface area contributed by atoms with E-state index in [-0.39, 0.29) is 6.04 Å². The summed E-state index contributed by atoms with van der Waals surface area (Å²) in [5, 5.41) is 0.781. The third-order valence-electron chi connectivity index (χ3n) is 4.73. The van der Waals surface area contributed by atoms with E-state index in [1.165, 1.54) is 32.5 Å². The van der Waals surface area contributed by atoms with Crippen LogP contribution >= 0.6 is 11.6 Å². The Labute approximate surface area is 134 Å². The molecule has 0 spiro atoms. The average molecular weight is 310 g/mol. The minimum absolute atomic E-state index is 0.0249. The first-order chi connectivity index (χ1) is 10.1. The van der Waals surface area contributed by atoms with Crippen LogP contribution in [0.5, 0.6) is 0 Å². The summed E-state index contributed by atoms with van der Waals surface area (Å²) in [5.74, 6) is 0. The van der Waals surface area contributed by atoms with Crippen LogP contribution in [-0.2, 0) is 0 Å². The van der Waals surface area contributed by atoms with Crippen LogP contribution in [0.1, 0.15) is 37.8 Å². The Hall–Kier alpha value is -0.610. The lowest BCUT2D eigenvalue weighted by atomic mass is 10.0. The first kappa shape index (κ1) is 16.8. The Morgan fingerprint density at radius 3 is 2.62 bits per heavy atom. The fraction of sp³-hybridized carbons (Fsp3) is 0.647. The van der Waals surface area contributed by atoms with Gasteiger partial charge in [0.15, 0.2) is 0 Å². The molecule has 2 rings (SSSR count). The van der Waals surface area contributed by atoms with Crippen LogP contribution in [0.15, 0.2) is 24.3 Å². The van der Waals surface area contributed by atoms with E-state index in [4.69, 9.17) is 17.3 Å². The monoisotopic (exact) mass is 309 g/mol. The molecule has 0 radical (unpaired) electrons. The lowest BCUT2D eigenvalue weighted by Gasteiger charge is -2.36. The zero-order valence-corrected chi connectivity index (χ0v) is 14.0. The molecule has 3 nitrogen and oxygen atoms in total. The zero-order valence-electron chi connectivity index (χ0n) is 13.3. The SMILES string of the molecule is CCN1CCC(N(C)CCC(N)c2ccccc2Cl)CC1. The van der Waals surface area contributed by atoms with Gasteiger partial charge in [-0.3, -0.25) is 0 Å². The van der Waals surface area contributed by atoms with Crippen molar-refractivity contribution in [1.82, 2.24) is 9.80 Å². The number of halogens is 1. The number of likely N-dealkylation sites (tertiary alicyclic amines) is 1. The van der Waals surface area contributed by atoms with Crippen molar-refractivity contribution < 1.29 is 0 Å². The Kier molecular flexibility index (Phi) is 6.49. The minimum atomic E-state index is 0.0249. The highest BCUT2D eigenvalue weighted by Crippen LogP contribution is 2.24. The zero-order chi connectivity index (χ0) is 15.2. The van der Waals surface area contributed by atoms with Gasteiger partial charge in [0.1, 0.15) is 0 Å². The summed E-state index contributed by atoms with van der Waals surface area (Å²) in [6, 6.07) is 8.63. The normalized spacial score (nSPS) is 19.1. The summed E-state index contributed by atoms with van der Waals surface area (Å²) in [7, 11) is 2.23. The van der Waals surface area contributed by atoms with Crippen molar-refractivity contribution in [1.29, 1.82) is 0 Å². The predicted molar refractivity (Wildman–Crippen MR) is 90.8 cm³/mol. The maximum absolute atomic E-state index is 6.30. The first-order valence-electron chi connectivity index (χ1n) is 8.04. The van der Waals surface area contributed by atoms with Crippen LogP contribution in [0, 0.1) is 0 Å². The molecule has 1 fully saturated rings. The van der Waals surface area contributed by atoms with Gasteiger partial charge in [0.25, 0.3) is 0 Å². The quantitative estimate of drug-likeness (QED) is 0.876. The molecule has 0 aromatic heterocycles. The van der Waals surface area contributed by atoms with E-state index < -0.39 is 0 Å². The third-order valence-corrected chi connectivity index (χ3v) is 5.07. The van der Waals surface area contributed by atoms with E-state index in [1.54, 1.807) is 0 Å². The van der Waals surface area contributed by atoms with Gasteiger partial charge < -0.3 is 15.5 Å². The van der Waals surface area contributed by atoms with Gasteiger partial charge in [0, 0.05) is 17.1 Å². The Bertz CT molecular complexity index is 430. The van der Waals surface area contributed by atoms with Crippen molar-refractivity contribution in [3.05, 3.63) is 34.9 Å². The molecule has 2 N–H and O–H groups in total. The van der Waals surface area contributed by atoms with Gasteiger partial charge in [-0.15, -0.1) is 0 Å². The van der Waals surface area contributed by atoms with Gasteiger partial charge in [0.05, 0.1) is 0 Å². The van der Waals surface area contributed by atoms with Gasteiger partial charge in [0.2, 0.25) is 0 Å². The summed E-state index contributed by atoms with van der Waals surface area (Å²) in [4.78, 5) is 5.00. The first-order valence-corrected chi connectivity index (χ1v) is 8.42. The van der Waals surface area contributed by atoms with Crippen LogP contribution in [0.3, 0.4) is 0 Å². The topological polar surface area (TPSA) is 32.5 Å². The second-order valence-corrected chi connectivity index (χ2v) is 6.47. The molecule has 0 aliphatic carbocycles. The molecule has 1 heterocycles. The van der Waals surface area contributed by atoms with Crippen molar-refractivity contribution in [3.63, 3.8) is 0 Å². The molecule has 0 saturated carbocycles. The van der Waals surface area contributed by atoms with E-state index in [1.807, 2.05) is 24.3 Å². The predicted octanol–water partition coefficient (Wildman–Crippen LogP) is 3.15. The Morgan fingerprint density at radius 1 is 1.33 bits per heavy atom. The number of hydrogen-bond donors (Lipinski definition) is 1. The molecule has 0 bridgehead atoms. The minimum Gasteiger partial charge on any atom is -0.324 e. The van der Waals surface area contributed by atoms with Crippen LogP contribution in [-0.4, -0.2) is 49.1 Å². The molecule has 1 aromatic carbocycles. The van der Waals surface area contributed by atoms with Gasteiger partial charge in [-0.1, -0.05) is 36.7 Å². The van der Waals surface area contributed by atoms with Crippen LogP contribution in [0.25, 0.3) is 0 Å². The summed E-state index contributed by atoms with van der Waals surface area (Å²) < 4.78 is 0. The summed E-state index contributed by atoms with van der Waals surface area (Å²) in [6.07, 6.45) is 3.49. The molecule has 21 heavy (non-hydrogen) atoms. The van der Waals surface area contributed by atoms with E-state index >= 15 is 0 Å². The number of rotatable bonds is 6. The van der Waals surface area contributed by atoms with Crippen molar-refractivity contribution in [3.8, 4) is 0 Å². The lowest BCUT2D eigenvalue weighted by Crippen LogP contribution is -2.43. The highest BCUT2D eigenvalue weighted by molar-refractivity contribution is 6.31. The molecule has 1 aliphatic heterocycles. The molecule has 1 atom stereocenters. The van der Waals surface area contributed by atoms with Crippen molar-refractivity contribution >= 4 is 11.6 Å². The molecule has 0 amide bonds. The lowest BCUT2D eigenvalue weighted by molar-refractivity contribution is 0.129. The summed E-state index contributed by atoms with van der Waals surface area (Å²) in [5.41, 5.74) is 7.36. The standard InChI is InChI=1S/C17H28ClN3/c1-3-21-12-8-14(9-13-21)20(2)11-10-17(19)15-6-4-5-7-16(15)18/h4-7,14,17H,3,8-13,19H2,1-2H3. The molecule has 1 aliphatic rings. The van der Waals surface area contributed by atoms with E-state index in [2.05, 4.69) is 23.8 Å². The van der Waals surface area contributed by atoms with Gasteiger partial charge in [-0.05, 0) is 64.1 Å². The maximum atomic E-state index is 6.30. The van der Waals surface area contributed by atoms with Crippen molar-refractivity contribution in [2.75, 3.05) is 33.2 Å². The van der Waals surface area contributed by atoms with Crippen molar-refractivity contribution in [2.45, 2.75) is 38.3 Å². The van der Waals surface area contributed by atoms with Crippen LogP contribution in [0.4, 0.5) is 0 Å². The van der Waals surface area contributed by atoms with Crippen LogP contribution in [0.2, 0.25) is 5.02 Å². The average Bonchev–Trinajstić information content (AvgIpc) is 2.52. The number of nitrogens with two attached hydrogens (primary N) is 1. The van der Waals surface area contributed by atoms with E-state index in [0.29, 0.717) is 6.04 Å². The Balaban J connectivity index is 1.79. The molecule has 1 unspecified atom stereocenters. The smallest absolute Gasteiger partial charge is 0.0453 e. The molecule has 1 aromatic rings. The van der Waals surface area contributed by atoms with Gasteiger partial charge >= 0.3 is 0 Å². The number of benzene rings is 1. The highest BCUT2D eigenvalue weighted by Gasteiger charge is 2.22. The number of piperidine rings is 1. The summed E-state index contributed by atoms with van der Waals surface area (Å²) in [6.45, 7) is 6.90. The third kappa shape index (κ3) is 4.68. The molecule has 4 heteroatoms. The molecular formula is C17H28ClN3. The molecule has 1 saturated heterocycles. The maximum Gasteiger partial charge on any atom is 0.0453 e. The van der Waals surface area contributed by atoms with E-state index in [9.17, 15) is 0 Å². The van der Waals surface area contributed by atoms with Gasteiger partial charge in [-0.25, -0.2) is 0 Å². The fourth-order valence-electron chi connectivity index (χ4n) is 3.13. The molecule has 118 valence electrons. The number of hydrogen-bond acceptors (Lipinski definition) is 3. The molecular weight excluding hydrogens is 282 g/mol. The fourth-order valence-corrected chi connectivity index (χ4v) is 3.41. The van der Waals surface area contributed by atoms with E-state index in [0.717, 1.165) is 23.6 Å². The number of nitrogens with zero attached hydrogens (tertiary/aromatic N) is 2. The second-order valence-electron chi connectivity index (χ2n) is 6.06. The second kappa shape index (κ2) is 8.14. The Morgan fingerprint density at radius 2 is 2.00 bits per heavy atom. The van der Waals surface area contributed by atoms with Crippen molar-refractivity contribution in [2.24, 2.45) is 5.73 Å².